The Morgan fingerprint density at radius 1 is 1.60 bits per heavy atom. The fourth-order valence-corrected chi connectivity index (χ4v) is 0. The van der Waals surface area contributed by atoms with E-state index in [0.29, 0.717) is 0 Å². The third-order valence-electron chi connectivity index (χ3n) is 0.158. The van der Waals surface area contributed by atoms with E-state index in [1.807, 2.05) is 0 Å². The first kappa shape index (κ1) is 15.9. The van der Waals surface area contributed by atoms with Crippen molar-refractivity contribution in [3.05, 3.63) is 0 Å². The van der Waals surface area contributed by atoms with E-state index in [1.165, 1.54) is 13.8 Å². The van der Waals surface area contributed by atoms with Crippen LogP contribution in [0.2, 0.25) is 0 Å². The second-order valence-corrected chi connectivity index (χ2v) is 0.965. The Hall–Kier alpha value is -1.32. The van der Waals surface area contributed by atoms with Crippen LogP contribution in [-0.4, -0.2) is 16.3 Å². The number of rotatable bonds is 0. The third-order valence-corrected chi connectivity index (χ3v) is 0.158. The standard InChI is InChI=1S/C2H6N2O.C2H3N.H3NO/c1-2(3)4-5;1-2-3;1-2/h5H,1H3,(H2,3,4);1H3;2H,1H2. The van der Waals surface area contributed by atoms with Crippen LogP contribution in [0.4, 0.5) is 0 Å². The SMILES string of the molecule is C/C(N)=N/O.CC#N.NO. The van der Waals surface area contributed by atoms with Crippen LogP contribution >= 0.6 is 0 Å². The first-order valence-electron chi connectivity index (χ1n) is 2.19. The van der Waals surface area contributed by atoms with Crippen LogP contribution in [-0.2, 0) is 0 Å². The maximum Gasteiger partial charge on any atom is 0.135 e. The van der Waals surface area contributed by atoms with Crippen molar-refractivity contribution in [1.29, 1.82) is 5.26 Å². The molecule has 0 rings (SSSR count). The molecule has 6 heteroatoms. The van der Waals surface area contributed by atoms with E-state index in [2.05, 4.69) is 11.1 Å². The Kier molecular flexibility index (Phi) is 40.2. The molecular formula is C4H12N4O2. The molecule has 6 N–H and O–H groups in total. The monoisotopic (exact) mass is 148 g/mol. The van der Waals surface area contributed by atoms with E-state index in [4.69, 9.17) is 21.4 Å². The molecule has 0 aromatic heterocycles. The van der Waals surface area contributed by atoms with E-state index >= 15 is 0 Å². The number of nitrogens with two attached hydrogens (primary N) is 2. The number of amidine groups is 1. The van der Waals surface area contributed by atoms with Gasteiger partial charge in [0.25, 0.3) is 0 Å². The van der Waals surface area contributed by atoms with Gasteiger partial charge in [0.2, 0.25) is 0 Å². The van der Waals surface area contributed by atoms with Gasteiger partial charge in [0.1, 0.15) is 5.84 Å². The molecule has 0 amide bonds. The molecule has 0 spiro atoms. The highest BCUT2D eigenvalue weighted by atomic mass is 16.4. The van der Waals surface area contributed by atoms with Gasteiger partial charge in [-0.25, -0.2) is 5.90 Å². The van der Waals surface area contributed by atoms with E-state index in [0.717, 1.165) is 0 Å². The quantitative estimate of drug-likeness (QED) is 0.161. The lowest BCUT2D eigenvalue weighted by Gasteiger charge is -1.73. The lowest BCUT2D eigenvalue weighted by atomic mass is 10.7. The molecule has 0 saturated heterocycles. The maximum absolute atomic E-state index is 7.61. The second kappa shape index (κ2) is 25.3. The number of nitriles is 1. The molecule has 0 heterocycles. The summed E-state index contributed by atoms with van der Waals surface area (Å²) in [4.78, 5) is 0. The molecule has 0 fully saturated rings. The molecule has 0 atom stereocenters. The minimum Gasteiger partial charge on any atom is -0.409 e. The molecule has 0 unspecified atom stereocenters. The Morgan fingerprint density at radius 2 is 1.70 bits per heavy atom. The predicted molar refractivity (Wildman–Crippen MR) is 36.3 cm³/mol. The molecule has 60 valence electrons. The summed E-state index contributed by atoms with van der Waals surface area (Å²) in [5, 5.41) is 24.0. The highest BCUT2D eigenvalue weighted by Crippen LogP contribution is 1.51. The van der Waals surface area contributed by atoms with Gasteiger partial charge in [-0.15, -0.1) is 0 Å². The van der Waals surface area contributed by atoms with Gasteiger partial charge in [-0.1, -0.05) is 5.16 Å². The van der Waals surface area contributed by atoms with Gasteiger partial charge < -0.3 is 16.1 Å². The van der Waals surface area contributed by atoms with Crippen LogP contribution in [0.3, 0.4) is 0 Å². The molecule has 0 aliphatic rings. The van der Waals surface area contributed by atoms with Crippen molar-refractivity contribution in [2.45, 2.75) is 13.8 Å². The van der Waals surface area contributed by atoms with Crippen LogP contribution in [0.25, 0.3) is 0 Å². The van der Waals surface area contributed by atoms with Gasteiger partial charge >= 0.3 is 0 Å². The van der Waals surface area contributed by atoms with E-state index in [1.54, 1.807) is 6.07 Å². The van der Waals surface area contributed by atoms with Gasteiger partial charge in [0.15, 0.2) is 0 Å². The number of hydrogen-bond acceptors (Lipinski definition) is 5. The molecule has 0 aliphatic heterocycles. The van der Waals surface area contributed by atoms with Crippen molar-refractivity contribution in [2.75, 3.05) is 0 Å². The first-order valence-corrected chi connectivity index (χ1v) is 2.19. The van der Waals surface area contributed by atoms with Crippen molar-refractivity contribution in [3.8, 4) is 6.07 Å². The highest BCUT2D eigenvalue weighted by molar-refractivity contribution is 5.76. The average Bonchev–Trinajstić information content (AvgIpc) is 1.94. The lowest BCUT2D eigenvalue weighted by Crippen LogP contribution is -2.03. The van der Waals surface area contributed by atoms with Gasteiger partial charge in [0, 0.05) is 6.92 Å². The molecule has 0 aromatic rings. The molecular weight excluding hydrogens is 136 g/mol. The van der Waals surface area contributed by atoms with Crippen LogP contribution in [0.15, 0.2) is 5.16 Å². The second-order valence-electron chi connectivity index (χ2n) is 0.965. The fraction of sp³-hybridized carbons (Fsp3) is 0.500. The normalized spacial score (nSPS) is 7.30. The zero-order chi connectivity index (χ0) is 8.99. The summed E-state index contributed by atoms with van der Waals surface area (Å²) in [5.74, 6) is 3.69. The summed E-state index contributed by atoms with van der Waals surface area (Å²) >= 11 is 0. The molecule has 10 heavy (non-hydrogen) atoms. The van der Waals surface area contributed by atoms with Crippen molar-refractivity contribution in [3.63, 3.8) is 0 Å². The third kappa shape index (κ3) is 466. The van der Waals surface area contributed by atoms with Gasteiger partial charge in [-0.3, -0.25) is 0 Å². The Morgan fingerprint density at radius 3 is 1.70 bits per heavy atom. The highest BCUT2D eigenvalue weighted by Gasteiger charge is 1.64. The predicted octanol–water partition coefficient (Wildman–Crippen LogP) is -0.383. The smallest absolute Gasteiger partial charge is 0.135 e. The zero-order valence-corrected chi connectivity index (χ0v) is 5.94. The fourth-order valence-electron chi connectivity index (χ4n) is 0. The van der Waals surface area contributed by atoms with Crippen LogP contribution in [0.1, 0.15) is 13.8 Å². The maximum atomic E-state index is 7.61. The van der Waals surface area contributed by atoms with Crippen molar-refractivity contribution < 1.29 is 10.4 Å². The van der Waals surface area contributed by atoms with Crippen molar-refractivity contribution in [1.82, 2.24) is 0 Å². The summed E-state index contributed by atoms with van der Waals surface area (Å²) < 4.78 is 0. The van der Waals surface area contributed by atoms with Crippen molar-refractivity contribution in [2.24, 2.45) is 16.8 Å². The van der Waals surface area contributed by atoms with Gasteiger partial charge in [-0.05, 0) is 6.92 Å². The van der Waals surface area contributed by atoms with Crippen molar-refractivity contribution >= 4 is 5.84 Å². The summed E-state index contributed by atoms with van der Waals surface area (Å²) in [6.45, 7) is 2.93. The van der Waals surface area contributed by atoms with Gasteiger partial charge in [-0.2, -0.15) is 5.26 Å². The lowest BCUT2D eigenvalue weighted by molar-refractivity contribution is 0.311. The molecule has 0 saturated carbocycles. The molecule has 0 radical (unpaired) electrons. The zero-order valence-electron chi connectivity index (χ0n) is 5.94. The summed E-state index contributed by atoms with van der Waals surface area (Å²) in [7, 11) is 0. The molecule has 0 aliphatic carbocycles. The number of oxime groups is 1. The average molecular weight is 148 g/mol. The Bertz CT molecular complexity index is 102. The van der Waals surface area contributed by atoms with E-state index < -0.39 is 0 Å². The van der Waals surface area contributed by atoms with Crippen LogP contribution in [0, 0.1) is 11.3 Å². The van der Waals surface area contributed by atoms with E-state index in [-0.39, 0.29) is 5.84 Å². The summed E-state index contributed by atoms with van der Waals surface area (Å²) in [5.41, 5.74) is 4.79. The largest absolute Gasteiger partial charge is 0.409 e. The molecule has 0 aromatic carbocycles. The first-order chi connectivity index (χ1) is 4.68. The van der Waals surface area contributed by atoms with Gasteiger partial charge in [0.05, 0.1) is 6.07 Å². The minimum atomic E-state index is 0.185. The Balaban J connectivity index is -0.0000000847. The number of nitrogens with zero attached hydrogens (tertiary/aromatic N) is 2. The number of hydrogen-bond donors (Lipinski definition) is 4. The minimum absolute atomic E-state index is 0.185. The summed E-state index contributed by atoms with van der Waals surface area (Å²) in [6, 6.07) is 1.75. The summed E-state index contributed by atoms with van der Waals surface area (Å²) in [6.07, 6.45) is 0. The molecule has 6 nitrogen and oxygen atoms in total. The van der Waals surface area contributed by atoms with Crippen LogP contribution < -0.4 is 11.6 Å². The van der Waals surface area contributed by atoms with Crippen LogP contribution in [0.5, 0.6) is 0 Å². The topological polar surface area (TPSA) is 129 Å². The van der Waals surface area contributed by atoms with E-state index in [9.17, 15) is 0 Å². The molecule has 0 bridgehead atoms. The Labute approximate surface area is 59.3 Å².